The van der Waals surface area contributed by atoms with Crippen LogP contribution in [0.2, 0.25) is 0 Å². The van der Waals surface area contributed by atoms with Crippen molar-refractivity contribution >= 4 is 27.1 Å². The van der Waals surface area contributed by atoms with Crippen molar-refractivity contribution in [2.75, 3.05) is 51.3 Å². The Hall–Kier alpha value is -2.01. The first-order valence-corrected chi connectivity index (χ1v) is 13.8. The Morgan fingerprint density at radius 3 is 2.58 bits per heavy atom. The Balaban J connectivity index is 1.32. The summed E-state index contributed by atoms with van der Waals surface area (Å²) in [5.41, 5.74) is 0.891. The Morgan fingerprint density at radius 2 is 1.97 bits per heavy atom. The number of thiophene rings is 1. The van der Waals surface area contributed by atoms with Gasteiger partial charge in [-0.2, -0.15) is 0 Å². The zero-order valence-electron chi connectivity index (χ0n) is 18.8. The van der Waals surface area contributed by atoms with Gasteiger partial charge in [-0.05, 0) is 35.6 Å². The van der Waals surface area contributed by atoms with E-state index in [9.17, 15) is 17.6 Å². The zero-order valence-corrected chi connectivity index (χ0v) is 20.4. The van der Waals surface area contributed by atoms with Gasteiger partial charge in [-0.25, -0.2) is 12.8 Å². The number of rotatable bonds is 8. The fourth-order valence-electron chi connectivity index (χ4n) is 4.47. The predicted molar refractivity (Wildman–Crippen MR) is 127 cm³/mol. The number of hydrogen-bond donors (Lipinski definition) is 0. The van der Waals surface area contributed by atoms with Gasteiger partial charge in [-0.1, -0.05) is 12.1 Å². The molecule has 1 amide bonds. The van der Waals surface area contributed by atoms with Gasteiger partial charge in [0.1, 0.15) is 0 Å². The zero-order chi connectivity index (χ0) is 23.4. The van der Waals surface area contributed by atoms with Crippen LogP contribution < -0.4 is 4.74 Å². The van der Waals surface area contributed by atoms with Crippen LogP contribution in [0.3, 0.4) is 0 Å². The molecular formula is C23H30FN3O4S2. The van der Waals surface area contributed by atoms with Crippen LogP contribution in [0.25, 0.3) is 0 Å². The molecule has 10 heteroatoms. The van der Waals surface area contributed by atoms with Crippen LogP contribution in [0, 0.1) is 5.82 Å². The van der Waals surface area contributed by atoms with E-state index in [1.54, 1.807) is 22.3 Å². The molecule has 1 atom stereocenters. The maximum Gasteiger partial charge on any atom is 0.237 e. The standard InChI is InChI=1S/C23H30FN3O4S2/c1-31-22-5-4-18(13-21(22)24)14-25-7-9-26(10-8-25)16-23(28)27(15-20-3-2-11-32-20)19-6-12-33(29,30)17-19/h2-5,11,13,19H,6-10,12,14-17H2,1H3. The van der Waals surface area contributed by atoms with Gasteiger partial charge in [0.2, 0.25) is 5.91 Å². The Kier molecular flexibility index (Phi) is 7.68. The van der Waals surface area contributed by atoms with Gasteiger partial charge >= 0.3 is 0 Å². The number of amides is 1. The number of nitrogens with zero attached hydrogens (tertiary/aromatic N) is 3. The molecule has 4 rings (SSSR count). The van der Waals surface area contributed by atoms with Crippen LogP contribution in [-0.4, -0.2) is 86.4 Å². The summed E-state index contributed by atoms with van der Waals surface area (Å²) in [5.74, 6) is 0.0618. The summed E-state index contributed by atoms with van der Waals surface area (Å²) in [5, 5.41) is 1.97. The minimum absolute atomic E-state index is 0.0174. The van der Waals surface area contributed by atoms with Gasteiger partial charge < -0.3 is 9.64 Å². The first-order chi connectivity index (χ1) is 15.8. The van der Waals surface area contributed by atoms with Crippen LogP contribution in [-0.2, 0) is 27.7 Å². The second-order valence-corrected chi connectivity index (χ2v) is 11.9. The lowest BCUT2D eigenvalue weighted by Gasteiger charge is -2.36. The molecule has 0 spiro atoms. The maximum atomic E-state index is 14.0. The summed E-state index contributed by atoms with van der Waals surface area (Å²) in [6.45, 7) is 4.42. The molecule has 2 fully saturated rings. The number of sulfone groups is 1. The molecule has 1 aromatic heterocycles. The molecule has 0 saturated carbocycles. The van der Waals surface area contributed by atoms with Crippen molar-refractivity contribution < 1.29 is 22.3 Å². The molecule has 2 aliphatic heterocycles. The molecule has 180 valence electrons. The number of carbonyl (C=O) groups is 1. The highest BCUT2D eigenvalue weighted by molar-refractivity contribution is 7.91. The first-order valence-electron chi connectivity index (χ1n) is 11.1. The van der Waals surface area contributed by atoms with Crippen molar-refractivity contribution in [3.63, 3.8) is 0 Å². The average Bonchev–Trinajstić information content (AvgIpc) is 3.42. The Bertz CT molecular complexity index is 1050. The van der Waals surface area contributed by atoms with Crippen molar-refractivity contribution in [2.24, 2.45) is 0 Å². The number of halogens is 1. The van der Waals surface area contributed by atoms with E-state index in [-0.39, 0.29) is 41.6 Å². The second kappa shape index (κ2) is 10.5. The van der Waals surface area contributed by atoms with Crippen LogP contribution in [0.1, 0.15) is 16.9 Å². The molecule has 1 aromatic carbocycles. The van der Waals surface area contributed by atoms with Crippen molar-refractivity contribution in [3.05, 3.63) is 52.0 Å². The van der Waals surface area contributed by atoms with Crippen molar-refractivity contribution in [1.82, 2.24) is 14.7 Å². The minimum atomic E-state index is -3.08. The molecule has 0 N–H and O–H groups in total. The van der Waals surface area contributed by atoms with Gasteiger partial charge in [-0.15, -0.1) is 11.3 Å². The summed E-state index contributed by atoms with van der Waals surface area (Å²) in [6.07, 6.45) is 0.506. The number of benzene rings is 1. The molecule has 1 unspecified atom stereocenters. The quantitative estimate of drug-likeness (QED) is 0.560. The van der Waals surface area contributed by atoms with Crippen LogP contribution in [0.15, 0.2) is 35.7 Å². The minimum Gasteiger partial charge on any atom is -0.494 e. The lowest BCUT2D eigenvalue weighted by molar-refractivity contribution is -0.135. The van der Waals surface area contributed by atoms with E-state index in [2.05, 4.69) is 9.80 Å². The van der Waals surface area contributed by atoms with E-state index in [1.165, 1.54) is 13.2 Å². The first kappa shape index (κ1) is 24.1. The van der Waals surface area contributed by atoms with E-state index >= 15 is 0 Å². The third kappa shape index (κ3) is 6.32. The maximum absolute atomic E-state index is 14.0. The Labute approximate surface area is 198 Å². The molecular weight excluding hydrogens is 465 g/mol. The molecule has 33 heavy (non-hydrogen) atoms. The molecule has 0 radical (unpaired) electrons. The molecule has 0 aliphatic carbocycles. The van der Waals surface area contributed by atoms with Crippen molar-refractivity contribution in [2.45, 2.75) is 25.6 Å². The molecule has 2 aliphatic rings. The third-order valence-corrected chi connectivity index (χ3v) is 8.93. The summed E-state index contributed by atoms with van der Waals surface area (Å²) in [4.78, 5) is 20.4. The summed E-state index contributed by atoms with van der Waals surface area (Å²) in [6, 6.07) is 8.70. The number of methoxy groups -OCH3 is 1. The lowest BCUT2D eigenvalue weighted by atomic mass is 10.1. The van der Waals surface area contributed by atoms with E-state index in [0.29, 0.717) is 19.5 Å². The van der Waals surface area contributed by atoms with Crippen molar-refractivity contribution in [1.29, 1.82) is 0 Å². The van der Waals surface area contributed by atoms with Crippen LogP contribution in [0.4, 0.5) is 4.39 Å². The Morgan fingerprint density at radius 1 is 1.21 bits per heavy atom. The highest BCUT2D eigenvalue weighted by Crippen LogP contribution is 2.23. The normalized spacial score (nSPS) is 21.2. The SMILES string of the molecule is COc1ccc(CN2CCN(CC(=O)N(Cc3cccs3)C3CCS(=O)(=O)C3)CC2)cc1F. The second-order valence-electron chi connectivity index (χ2n) is 8.68. The molecule has 2 aromatic rings. The number of hydrogen-bond acceptors (Lipinski definition) is 7. The molecule has 2 saturated heterocycles. The molecule has 0 bridgehead atoms. The molecule has 7 nitrogen and oxygen atoms in total. The average molecular weight is 496 g/mol. The predicted octanol–water partition coefficient (Wildman–Crippen LogP) is 2.23. The third-order valence-electron chi connectivity index (χ3n) is 6.32. The van der Waals surface area contributed by atoms with E-state index in [1.807, 2.05) is 23.6 Å². The highest BCUT2D eigenvalue weighted by atomic mass is 32.2. The fraction of sp³-hybridized carbons (Fsp3) is 0.522. The number of piperazine rings is 1. The van der Waals surface area contributed by atoms with Gasteiger partial charge in [-0.3, -0.25) is 14.6 Å². The highest BCUT2D eigenvalue weighted by Gasteiger charge is 2.35. The lowest BCUT2D eigenvalue weighted by Crippen LogP contribution is -2.51. The van der Waals surface area contributed by atoms with Gasteiger partial charge in [0.05, 0.1) is 31.7 Å². The van der Waals surface area contributed by atoms with E-state index < -0.39 is 9.84 Å². The summed E-state index contributed by atoms with van der Waals surface area (Å²) < 4.78 is 43.0. The number of carbonyl (C=O) groups excluding carboxylic acids is 1. The summed E-state index contributed by atoms with van der Waals surface area (Å²) >= 11 is 1.58. The van der Waals surface area contributed by atoms with Gasteiger partial charge in [0.25, 0.3) is 0 Å². The van der Waals surface area contributed by atoms with Gasteiger partial charge in [0.15, 0.2) is 21.4 Å². The smallest absolute Gasteiger partial charge is 0.237 e. The fourth-order valence-corrected chi connectivity index (χ4v) is 6.90. The largest absolute Gasteiger partial charge is 0.494 e. The van der Waals surface area contributed by atoms with E-state index in [4.69, 9.17) is 4.74 Å². The summed E-state index contributed by atoms with van der Waals surface area (Å²) in [7, 11) is -1.63. The topological polar surface area (TPSA) is 70.2 Å². The molecule has 3 heterocycles. The number of ether oxygens (including phenoxy) is 1. The van der Waals surface area contributed by atoms with Gasteiger partial charge in [0, 0.05) is 43.6 Å². The monoisotopic (exact) mass is 495 g/mol. The van der Waals surface area contributed by atoms with E-state index in [0.717, 1.165) is 36.6 Å². The van der Waals surface area contributed by atoms with Crippen molar-refractivity contribution in [3.8, 4) is 5.75 Å². The van der Waals surface area contributed by atoms with Crippen LogP contribution >= 0.6 is 11.3 Å². The van der Waals surface area contributed by atoms with Crippen LogP contribution in [0.5, 0.6) is 5.75 Å².